The van der Waals surface area contributed by atoms with Crippen LogP contribution < -0.4 is 10.6 Å². The number of aromatic nitrogens is 2. The van der Waals surface area contributed by atoms with E-state index in [9.17, 15) is 0 Å². The van der Waals surface area contributed by atoms with E-state index in [0.29, 0.717) is 6.04 Å². The summed E-state index contributed by atoms with van der Waals surface area (Å²) < 4.78 is 2.19. The predicted octanol–water partition coefficient (Wildman–Crippen LogP) is 2.16. The zero-order chi connectivity index (χ0) is 13.7. The molecule has 20 heavy (non-hydrogen) atoms. The molecule has 2 atom stereocenters. The van der Waals surface area contributed by atoms with Gasteiger partial charge in [-0.25, -0.2) is 4.98 Å². The number of halogens is 1. The largest absolute Gasteiger partial charge is 0.356 e. The molecule has 0 aromatic carbocycles. The molecule has 0 radical (unpaired) electrons. The van der Waals surface area contributed by atoms with Gasteiger partial charge in [-0.15, -0.1) is 24.0 Å². The van der Waals surface area contributed by atoms with E-state index in [2.05, 4.69) is 32.1 Å². The molecule has 2 unspecified atom stereocenters. The van der Waals surface area contributed by atoms with Crippen LogP contribution in [0.25, 0.3) is 0 Å². The van der Waals surface area contributed by atoms with Crippen LogP contribution in [0.5, 0.6) is 0 Å². The minimum atomic E-state index is 0. The lowest BCUT2D eigenvalue weighted by Crippen LogP contribution is -2.39. The van der Waals surface area contributed by atoms with Gasteiger partial charge in [0.1, 0.15) is 5.82 Å². The van der Waals surface area contributed by atoms with Crippen LogP contribution in [0, 0.1) is 12.8 Å². The fourth-order valence-electron chi connectivity index (χ4n) is 2.15. The Morgan fingerprint density at radius 1 is 1.50 bits per heavy atom. The van der Waals surface area contributed by atoms with E-state index < -0.39 is 0 Å². The van der Waals surface area contributed by atoms with E-state index in [4.69, 9.17) is 0 Å². The first-order valence-electron chi connectivity index (χ1n) is 7.15. The Hall–Kier alpha value is -0.790. The van der Waals surface area contributed by atoms with Crippen molar-refractivity contribution in [2.45, 2.75) is 45.7 Å². The van der Waals surface area contributed by atoms with E-state index in [1.165, 1.54) is 6.42 Å². The fourth-order valence-corrected chi connectivity index (χ4v) is 2.15. The molecule has 0 bridgehead atoms. The van der Waals surface area contributed by atoms with Crippen molar-refractivity contribution in [3.63, 3.8) is 0 Å². The molecule has 0 saturated heterocycles. The van der Waals surface area contributed by atoms with Crippen LogP contribution in [0.1, 0.15) is 32.0 Å². The number of aliphatic imine (C=N–C) groups is 1. The summed E-state index contributed by atoms with van der Waals surface area (Å²) in [5.41, 5.74) is 0. The van der Waals surface area contributed by atoms with Gasteiger partial charge in [0.2, 0.25) is 0 Å². The third kappa shape index (κ3) is 5.30. The summed E-state index contributed by atoms with van der Waals surface area (Å²) in [6.45, 7) is 6.31. The Bertz CT molecular complexity index is 429. The van der Waals surface area contributed by atoms with E-state index >= 15 is 0 Å². The number of nitrogens with zero attached hydrogens (tertiary/aromatic N) is 3. The Morgan fingerprint density at radius 2 is 2.25 bits per heavy atom. The standard InChI is InChI=1S/C14H25N5.HI/c1-11-10-13(11)18-14(15-3)17-6-4-5-8-19-9-7-16-12(19)2;/h7,9,11,13H,4-6,8,10H2,1-3H3,(H2,15,17,18);1H. The zero-order valence-corrected chi connectivity index (χ0v) is 14.9. The minimum absolute atomic E-state index is 0. The number of rotatable bonds is 6. The van der Waals surface area contributed by atoms with E-state index in [1.54, 1.807) is 0 Å². The SMILES string of the molecule is CN=C(NCCCCn1ccnc1C)NC1CC1C.I. The van der Waals surface area contributed by atoms with Gasteiger partial charge in [0.15, 0.2) is 5.96 Å². The Balaban J connectivity index is 0.00000200. The van der Waals surface area contributed by atoms with Crippen LogP contribution in [-0.4, -0.2) is 35.1 Å². The lowest BCUT2D eigenvalue weighted by Gasteiger charge is -2.11. The molecule has 1 aromatic rings. The Morgan fingerprint density at radius 3 is 2.80 bits per heavy atom. The molecule has 6 heteroatoms. The molecule has 1 aromatic heterocycles. The van der Waals surface area contributed by atoms with Gasteiger partial charge in [-0.3, -0.25) is 4.99 Å². The third-order valence-electron chi connectivity index (χ3n) is 3.70. The van der Waals surface area contributed by atoms with Crippen molar-refractivity contribution in [2.24, 2.45) is 10.9 Å². The highest BCUT2D eigenvalue weighted by Crippen LogP contribution is 2.28. The maximum Gasteiger partial charge on any atom is 0.191 e. The normalized spacial score (nSPS) is 21.2. The molecule has 0 aliphatic heterocycles. The molecular formula is C14H26IN5. The second-order valence-corrected chi connectivity index (χ2v) is 5.34. The summed E-state index contributed by atoms with van der Waals surface area (Å²) >= 11 is 0. The predicted molar refractivity (Wildman–Crippen MR) is 93.7 cm³/mol. The summed E-state index contributed by atoms with van der Waals surface area (Å²) in [5, 5.41) is 6.80. The monoisotopic (exact) mass is 391 g/mol. The molecule has 0 amide bonds. The number of hydrogen-bond acceptors (Lipinski definition) is 2. The molecular weight excluding hydrogens is 365 g/mol. The molecule has 1 saturated carbocycles. The second-order valence-electron chi connectivity index (χ2n) is 5.34. The lowest BCUT2D eigenvalue weighted by molar-refractivity contribution is 0.587. The Labute approximate surface area is 138 Å². The van der Waals surface area contributed by atoms with Crippen molar-refractivity contribution in [3.05, 3.63) is 18.2 Å². The number of unbranched alkanes of at least 4 members (excludes halogenated alkanes) is 1. The first-order valence-corrected chi connectivity index (χ1v) is 7.15. The average molecular weight is 391 g/mol. The second kappa shape index (κ2) is 8.49. The van der Waals surface area contributed by atoms with E-state index in [1.807, 2.05) is 26.4 Å². The number of nitrogens with one attached hydrogen (secondary N) is 2. The van der Waals surface area contributed by atoms with Gasteiger partial charge in [0, 0.05) is 38.6 Å². The number of aryl methyl sites for hydroxylation is 2. The van der Waals surface area contributed by atoms with Crippen molar-refractivity contribution in [1.29, 1.82) is 0 Å². The van der Waals surface area contributed by atoms with Crippen molar-refractivity contribution in [1.82, 2.24) is 20.2 Å². The first kappa shape index (κ1) is 17.3. The van der Waals surface area contributed by atoms with Crippen LogP contribution >= 0.6 is 24.0 Å². The van der Waals surface area contributed by atoms with Crippen LogP contribution in [0.15, 0.2) is 17.4 Å². The highest BCUT2D eigenvalue weighted by atomic mass is 127. The number of imidazole rings is 1. The molecule has 2 rings (SSSR count). The molecule has 2 N–H and O–H groups in total. The smallest absolute Gasteiger partial charge is 0.191 e. The highest BCUT2D eigenvalue weighted by molar-refractivity contribution is 14.0. The molecule has 1 heterocycles. The summed E-state index contributed by atoms with van der Waals surface area (Å²) in [6, 6.07) is 0.625. The van der Waals surface area contributed by atoms with Gasteiger partial charge in [-0.2, -0.15) is 0 Å². The van der Waals surface area contributed by atoms with Crippen molar-refractivity contribution >= 4 is 29.9 Å². The van der Waals surface area contributed by atoms with Crippen molar-refractivity contribution < 1.29 is 0 Å². The number of guanidine groups is 1. The quantitative estimate of drug-likeness (QED) is 0.338. The van der Waals surface area contributed by atoms with E-state index in [0.717, 1.165) is 43.6 Å². The summed E-state index contributed by atoms with van der Waals surface area (Å²) in [7, 11) is 1.83. The van der Waals surface area contributed by atoms with Gasteiger partial charge < -0.3 is 15.2 Å². The topological polar surface area (TPSA) is 54.2 Å². The summed E-state index contributed by atoms with van der Waals surface area (Å²) in [4.78, 5) is 8.47. The van der Waals surface area contributed by atoms with Gasteiger partial charge in [-0.1, -0.05) is 6.92 Å². The van der Waals surface area contributed by atoms with Crippen LogP contribution in [0.4, 0.5) is 0 Å². The maximum atomic E-state index is 4.24. The lowest BCUT2D eigenvalue weighted by atomic mass is 10.3. The molecule has 114 valence electrons. The Kier molecular flexibility index (Phi) is 7.32. The molecule has 0 spiro atoms. The van der Waals surface area contributed by atoms with Crippen LogP contribution in [0.3, 0.4) is 0 Å². The summed E-state index contributed by atoms with van der Waals surface area (Å²) in [6.07, 6.45) is 7.45. The molecule has 1 aliphatic rings. The fraction of sp³-hybridized carbons (Fsp3) is 0.714. The zero-order valence-electron chi connectivity index (χ0n) is 12.6. The number of hydrogen-bond donors (Lipinski definition) is 2. The molecule has 1 fully saturated rings. The van der Waals surface area contributed by atoms with Crippen molar-refractivity contribution in [3.8, 4) is 0 Å². The first-order chi connectivity index (χ1) is 9.20. The molecule has 1 aliphatic carbocycles. The van der Waals surface area contributed by atoms with Crippen LogP contribution in [0.2, 0.25) is 0 Å². The van der Waals surface area contributed by atoms with Gasteiger partial charge in [-0.05, 0) is 32.1 Å². The molecule has 5 nitrogen and oxygen atoms in total. The third-order valence-corrected chi connectivity index (χ3v) is 3.70. The van der Waals surface area contributed by atoms with Crippen LogP contribution in [-0.2, 0) is 6.54 Å². The minimum Gasteiger partial charge on any atom is -0.356 e. The van der Waals surface area contributed by atoms with Crippen molar-refractivity contribution in [2.75, 3.05) is 13.6 Å². The maximum absolute atomic E-state index is 4.24. The van der Waals surface area contributed by atoms with Gasteiger partial charge >= 0.3 is 0 Å². The highest BCUT2D eigenvalue weighted by Gasteiger charge is 2.32. The van der Waals surface area contributed by atoms with Gasteiger partial charge in [0.05, 0.1) is 0 Å². The van der Waals surface area contributed by atoms with E-state index in [-0.39, 0.29) is 24.0 Å². The van der Waals surface area contributed by atoms with Gasteiger partial charge in [0.25, 0.3) is 0 Å². The average Bonchev–Trinajstić information content (AvgIpc) is 2.93. The summed E-state index contributed by atoms with van der Waals surface area (Å²) in [5.74, 6) is 2.82.